The van der Waals surface area contributed by atoms with Crippen LogP contribution in [0.5, 0.6) is 0 Å². The van der Waals surface area contributed by atoms with Crippen molar-refractivity contribution in [2.75, 3.05) is 17.6 Å². The standard InChI is InChI=1S/C14H21ClN2/c1-2-14(7-3-4-8-14)10-17-13-6-5-11(15)9-12(13)16/h5-6,9,17H,2-4,7-8,10,16H2,1H3. The molecule has 1 aromatic carbocycles. The summed E-state index contributed by atoms with van der Waals surface area (Å²) in [5, 5.41) is 4.18. The van der Waals surface area contributed by atoms with E-state index in [9.17, 15) is 0 Å². The number of nitrogen functional groups attached to an aromatic ring is 1. The molecule has 0 unspecified atom stereocenters. The molecule has 1 saturated carbocycles. The van der Waals surface area contributed by atoms with Crippen molar-refractivity contribution in [3.8, 4) is 0 Å². The molecule has 94 valence electrons. The minimum Gasteiger partial charge on any atom is -0.397 e. The monoisotopic (exact) mass is 252 g/mol. The average molecular weight is 253 g/mol. The van der Waals surface area contributed by atoms with Crippen molar-refractivity contribution in [3.63, 3.8) is 0 Å². The third-order valence-electron chi connectivity index (χ3n) is 4.08. The smallest absolute Gasteiger partial charge is 0.0575 e. The van der Waals surface area contributed by atoms with Crippen LogP contribution >= 0.6 is 11.6 Å². The number of nitrogens with two attached hydrogens (primary N) is 1. The zero-order valence-electron chi connectivity index (χ0n) is 10.4. The van der Waals surface area contributed by atoms with Crippen molar-refractivity contribution in [3.05, 3.63) is 23.2 Å². The highest BCUT2D eigenvalue weighted by molar-refractivity contribution is 6.31. The van der Waals surface area contributed by atoms with Crippen LogP contribution in [0.15, 0.2) is 18.2 Å². The molecule has 1 aliphatic rings. The van der Waals surface area contributed by atoms with E-state index in [0.29, 0.717) is 10.4 Å². The van der Waals surface area contributed by atoms with Crippen molar-refractivity contribution in [2.24, 2.45) is 5.41 Å². The fourth-order valence-corrected chi connectivity index (χ4v) is 2.94. The Bertz CT molecular complexity index is 384. The van der Waals surface area contributed by atoms with Crippen molar-refractivity contribution >= 4 is 23.0 Å². The predicted octanol–water partition coefficient (Wildman–Crippen LogP) is 4.30. The number of anilines is 2. The molecule has 3 N–H and O–H groups in total. The van der Waals surface area contributed by atoms with Gasteiger partial charge in [0.2, 0.25) is 0 Å². The Labute approximate surface area is 109 Å². The lowest BCUT2D eigenvalue weighted by Gasteiger charge is -2.28. The van der Waals surface area contributed by atoms with E-state index in [2.05, 4.69) is 12.2 Å². The first-order chi connectivity index (χ1) is 8.15. The summed E-state index contributed by atoms with van der Waals surface area (Å²) >= 11 is 5.89. The first kappa shape index (κ1) is 12.6. The van der Waals surface area contributed by atoms with Crippen LogP contribution in [-0.2, 0) is 0 Å². The summed E-state index contributed by atoms with van der Waals surface area (Å²) in [7, 11) is 0. The van der Waals surface area contributed by atoms with Gasteiger partial charge in [0.05, 0.1) is 11.4 Å². The third kappa shape index (κ3) is 2.86. The zero-order valence-corrected chi connectivity index (χ0v) is 11.2. The maximum Gasteiger partial charge on any atom is 0.0575 e. The summed E-state index contributed by atoms with van der Waals surface area (Å²) in [5.41, 5.74) is 8.17. The van der Waals surface area contributed by atoms with E-state index in [1.165, 1.54) is 32.1 Å². The number of halogens is 1. The minimum atomic E-state index is 0.478. The van der Waals surface area contributed by atoms with Crippen LogP contribution in [-0.4, -0.2) is 6.54 Å². The number of benzene rings is 1. The Balaban J connectivity index is 2.01. The predicted molar refractivity (Wildman–Crippen MR) is 75.5 cm³/mol. The quantitative estimate of drug-likeness (QED) is 0.784. The van der Waals surface area contributed by atoms with Gasteiger partial charge in [0.25, 0.3) is 0 Å². The molecule has 1 fully saturated rings. The van der Waals surface area contributed by atoms with Crippen molar-refractivity contribution in [2.45, 2.75) is 39.0 Å². The molecule has 0 radical (unpaired) electrons. The first-order valence-corrected chi connectivity index (χ1v) is 6.82. The van der Waals surface area contributed by atoms with Gasteiger partial charge in [0.15, 0.2) is 0 Å². The molecule has 1 aromatic rings. The van der Waals surface area contributed by atoms with Gasteiger partial charge in [-0.3, -0.25) is 0 Å². The molecule has 0 bridgehead atoms. The van der Waals surface area contributed by atoms with E-state index in [4.69, 9.17) is 17.3 Å². The molecule has 0 aromatic heterocycles. The molecule has 0 spiro atoms. The molecular formula is C14H21ClN2. The van der Waals surface area contributed by atoms with Gasteiger partial charge in [-0.15, -0.1) is 0 Å². The van der Waals surface area contributed by atoms with E-state index in [1.54, 1.807) is 6.07 Å². The minimum absolute atomic E-state index is 0.478. The summed E-state index contributed by atoms with van der Waals surface area (Å²) < 4.78 is 0. The van der Waals surface area contributed by atoms with Gasteiger partial charge in [0, 0.05) is 11.6 Å². The first-order valence-electron chi connectivity index (χ1n) is 6.44. The largest absolute Gasteiger partial charge is 0.397 e. The second-order valence-electron chi connectivity index (χ2n) is 5.15. The molecule has 0 aliphatic heterocycles. The van der Waals surface area contributed by atoms with Crippen LogP contribution in [0.2, 0.25) is 5.02 Å². The zero-order chi connectivity index (χ0) is 12.3. The Morgan fingerprint density at radius 2 is 2.06 bits per heavy atom. The molecule has 0 heterocycles. The Morgan fingerprint density at radius 3 is 2.65 bits per heavy atom. The van der Waals surface area contributed by atoms with Crippen molar-refractivity contribution in [1.29, 1.82) is 0 Å². The van der Waals surface area contributed by atoms with Gasteiger partial charge in [-0.25, -0.2) is 0 Å². The fraction of sp³-hybridized carbons (Fsp3) is 0.571. The van der Waals surface area contributed by atoms with Gasteiger partial charge >= 0.3 is 0 Å². The molecule has 0 atom stereocenters. The molecule has 1 aliphatic carbocycles. The maximum absolute atomic E-state index is 5.94. The van der Waals surface area contributed by atoms with E-state index in [-0.39, 0.29) is 0 Å². The Morgan fingerprint density at radius 1 is 1.35 bits per heavy atom. The second-order valence-corrected chi connectivity index (χ2v) is 5.58. The van der Waals surface area contributed by atoms with Crippen LogP contribution in [0.4, 0.5) is 11.4 Å². The van der Waals surface area contributed by atoms with E-state index < -0.39 is 0 Å². The second kappa shape index (κ2) is 5.18. The molecular weight excluding hydrogens is 232 g/mol. The molecule has 0 amide bonds. The lowest BCUT2D eigenvalue weighted by Crippen LogP contribution is -2.26. The van der Waals surface area contributed by atoms with Crippen molar-refractivity contribution in [1.82, 2.24) is 0 Å². The van der Waals surface area contributed by atoms with Gasteiger partial charge in [-0.05, 0) is 42.9 Å². The van der Waals surface area contributed by atoms with Gasteiger partial charge in [-0.1, -0.05) is 31.4 Å². The summed E-state index contributed by atoms with van der Waals surface area (Å²) in [6.45, 7) is 3.31. The van der Waals surface area contributed by atoms with Crippen LogP contribution < -0.4 is 11.1 Å². The highest BCUT2D eigenvalue weighted by Gasteiger charge is 2.31. The summed E-state index contributed by atoms with van der Waals surface area (Å²) in [4.78, 5) is 0. The summed E-state index contributed by atoms with van der Waals surface area (Å²) in [5.74, 6) is 0. The third-order valence-corrected chi connectivity index (χ3v) is 4.32. The fourth-order valence-electron chi connectivity index (χ4n) is 2.76. The van der Waals surface area contributed by atoms with Crippen molar-refractivity contribution < 1.29 is 0 Å². The normalized spacial score (nSPS) is 18.2. The molecule has 0 saturated heterocycles. The van der Waals surface area contributed by atoms with Crippen LogP contribution in [0.3, 0.4) is 0 Å². The number of nitrogens with one attached hydrogen (secondary N) is 1. The van der Waals surface area contributed by atoms with Gasteiger partial charge in [0.1, 0.15) is 0 Å². The summed E-state index contributed by atoms with van der Waals surface area (Å²) in [6, 6.07) is 5.65. The maximum atomic E-state index is 5.94. The topological polar surface area (TPSA) is 38.0 Å². The average Bonchev–Trinajstić information content (AvgIpc) is 2.77. The Kier molecular flexibility index (Phi) is 3.82. The molecule has 2 nitrogen and oxygen atoms in total. The lowest BCUT2D eigenvalue weighted by atomic mass is 9.83. The van der Waals surface area contributed by atoms with Crippen LogP contribution in [0, 0.1) is 5.41 Å². The molecule has 3 heteroatoms. The van der Waals surface area contributed by atoms with E-state index in [0.717, 1.165) is 17.9 Å². The van der Waals surface area contributed by atoms with Gasteiger partial charge in [-0.2, -0.15) is 0 Å². The highest BCUT2D eigenvalue weighted by Crippen LogP contribution is 2.41. The Hall–Kier alpha value is -0.890. The van der Waals surface area contributed by atoms with E-state index >= 15 is 0 Å². The number of hydrogen-bond acceptors (Lipinski definition) is 2. The molecule has 17 heavy (non-hydrogen) atoms. The van der Waals surface area contributed by atoms with E-state index in [1.807, 2.05) is 12.1 Å². The number of hydrogen-bond donors (Lipinski definition) is 2. The summed E-state index contributed by atoms with van der Waals surface area (Å²) in [6.07, 6.45) is 6.65. The highest BCUT2D eigenvalue weighted by atomic mass is 35.5. The van der Waals surface area contributed by atoms with Gasteiger partial charge < -0.3 is 11.1 Å². The van der Waals surface area contributed by atoms with Crippen LogP contribution in [0.1, 0.15) is 39.0 Å². The van der Waals surface area contributed by atoms with Crippen LogP contribution in [0.25, 0.3) is 0 Å². The molecule has 2 rings (SSSR count). The SMILES string of the molecule is CCC1(CNc2ccc(Cl)cc2N)CCCC1. The number of rotatable bonds is 4. The lowest BCUT2D eigenvalue weighted by molar-refractivity contribution is 0.307.